The lowest BCUT2D eigenvalue weighted by molar-refractivity contribution is -0.127. The van der Waals surface area contributed by atoms with Gasteiger partial charge in [-0.15, -0.1) is 0 Å². The van der Waals surface area contributed by atoms with Gasteiger partial charge < -0.3 is 14.9 Å². The average Bonchev–Trinajstić information content (AvgIpc) is 3.40. The number of anilines is 1. The minimum absolute atomic E-state index is 0. The standard InChI is InChI=1S/C22H23N3O3S.CH4.H2S/c1-13-20(14(2)28-24-13)15-5-6-19-18(10-15)22(21(27)23-19,16-7-9-29-12-16)25-8-3-4-17(26)11-25;;/h5-7,9-10,12,17,26H,3-4,8,11H2,1-2H3,(H,23,27);1H4;1H2/t17-,22?;;/m0../s1. The van der Waals surface area contributed by atoms with Gasteiger partial charge in [-0.05, 0) is 66.8 Å². The molecule has 1 fully saturated rings. The number of fused-ring (bicyclic) bond motifs is 1. The fraction of sp³-hybridized carbons (Fsp3) is 0.391. The summed E-state index contributed by atoms with van der Waals surface area (Å²) in [7, 11) is 0. The summed E-state index contributed by atoms with van der Waals surface area (Å²) in [4.78, 5) is 15.7. The Morgan fingerprint density at radius 3 is 2.77 bits per heavy atom. The van der Waals surface area contributed by atoms with Crippen molar-refractivity contribution in [3.05, 3.63) is 57.6 Å². The third-order valence-electron chi connectivity index (χ3n) is 6.12. The molecule has 31 heavy (non-hydrogen) atoms. The first-order valence-electron chi connectivity index (χ1n) is 9.87. The lowest BCUT2D eigenvalue weighted by atomic mass is 9.81. The van der Waals surface area contributed by atoms with Crippen LogP contribution >= 0.6 is 24.8 Å². The number of carbonyl (C=O) groups is 1. The Morgan fingerprint density at radius 2 is 2.13 bits per heavy atom. The van der Waals surface area contributed by atoms with Crippen LogP contribution in [0, 0.1) is 13.8 Å². The first kappa shape index (κ1) is 23.5. The number of nitrogens with zero attached hydrogens (tertiary/aromatic N) is 2. The first-order chi connectivity index (χ1) is 14.0. The third kappa shape index (κ3) is 3.51. The van der Waals surface area contributed by atoms with E-state index in [0.717, 1.165) is 58.8 Å². The first-order valence-corrected chi connectivity index (χ1v) is 10.8. The number of hydrogen-bond acceptors (Lipinski definition) is 6. The molecule has 1 aromatic carbocycles. The van der Waals surface area contributed by atoms with Crippen LogP contribution in [0.3, 0.4) is 0 Å². The highest BCUT2D eigenvalue weighted by molar-refractivity contribution is 7.59. The SMILES string of the molecule is C.Cc1noc(C)c1-c1ccc2c(c1)C(c1ccsc1)(N1CCC[C@H](O)C1)C(=O)N2.S. The van der Waals surface area contributed by atoms with Gasteiger partial charge in [-0.2, -0.15) is 24.8 Å². The third-order valence-corrected chi connectivity index (χ3v) is 6.80. The number of carbonyl (C=O) groups excluding carboxylic acids is 1. The Balaban J connectivity index is 0.00000136. The fourth-order valence-corrected chi connectivity index (χ4v) is 5.55. The largest absolute Gasteiger partial charge is 0.392 e. The molecule has 2 aliphatic rings. The van der Waals surface area contributed by atoms with Crippen molar-refractivity contribution >= 4 is 36.4 Å². The highest BCUT2D eigenvalue weighted by Crippen LogP contribution is 2.48. The summed E-state index contributed by atoms with van der Waals surface area (Å²) in [6.45, 7) is 5.06. The predicted octanol–water partition coefficient (Wildman–Crippen LogP) is 4.42. The number of amides is 1. The Hall–Kier alpha value is -2.13. The molecule has 0 saturated carbocycles. The monoisotopic (exact) mass is 459 g/mol. The van der Waals surface area contributed by atoms with Crippen molar-refractivity contribution in [3.63, 3.8) is 0 Å². The van der Waals surface area contributed by atoms with Crippen molar-refractivity contribution in [1.29, 1.82) is 0 Å². The maximum absolute atomic E-state index is 13.5. The zero-order valence-electron chi connectivity index (χ0n) is 16.9. The fourth-order valence-electron chi connectivity index (χ4n) is 4.85. The molecular formula is C23H29N3O3S2. The van der Waals surface area contributed by atoms with E-state index in [1.165, 1.54) is 0 Å². The molecule has 8 heteroatoms. The van der Waals surface area contributed by atoms with E-state index in [9.17, 15) is 9.90 Å². The summed E-state index contributed by atoms with van der Waals surface area (Å²) in [5, 5.41) is 21.6. The molecule has 4 heterocycles. The molecule has 1 amide bonds. The van der Waals surface area contributed by atoms with Crippen LogP contribution in [-0.4, -0.2) is 40.3 Å². The Kier molecular flexibility index (Phi) is 6.67. The summed E-state index contributed by atoms with van der Waals surface area (Å²) in [5.41, 5.74) is 4.52. The van der Waals surface area contributed by atoms with Gasteiger partial charge in [0.2, 0.25) is 0 Å². The smallest absolute Gasteiger partial charge is 0.254 e. The number of β-amino-alcohol motifs (C(OH)–C–C–N with tert-alkyl or cyclic N) is 1. The van der Waals surface area contributed by atoms with Crippen molar-refractivity contribution in [2.75, 3.05) is 18.4 Å². The normalized spacial score (nSPS) is 22.9. The van der Waals surface area contributed by atoms with Gasteiger partial charge in [-0.1, -0.05) is 18.6 Å². The molecule has 0 aliphatic carbocycles. The number of aryl methyl sites for hydroxylation is 2. The molecule has 2 N–H and O–H groups in total. The van der Waals surface area contributed by atoms with Crippen LogP contribution in [0.25, 0.3) is 11.1 Å². The maximum atomic E-state index is 13.5. The summed E-state index contributed by atoms with van der Waals surface area (Å²) in [6.07, 6.45) is 1.20. The van der Waals surface area contributed by atoms with E-state index in [2.05, 4.69) is 21.4 Å². The second-order valence-corrected chi connectivity index (χ2v) is 8.66. The number of hydrogen-bond donors (Lipinski definition) is 2. The highest BCUT2D eigenvalue weighted by atomic mass is 32.1. The summed E-state index contributed by atoms with van der Waals surface area (Å²) in [6, 6.07) is 8.06. The molecule has 2 aromatic heterocycles. The van der Waals surface area contributed by atoms with Gasteiger partial charge in [0, 0.05) is 29.9 Å². The van der Waals surface area contributed by atoms with Crippen LogP contribution in [0.4, 0.5) is 5.69 Å². The molecule has 5 rings (SSSR count). The van der Waals surface area contributed by atoms with Crippen molar-refractivity contribution in [1.82, 2.24) is 10.1 Å². The Labute approximate surface area is 193 Å². The second-order valence-electron chi connectivity index (χ2n) is 7.88. The van der Waals surface area contributed by atoms with E-state index in [1.54, 1.807) is 11.3 Å². The number of rotatable bonds is 3. The van der Waals surface area contributed by atoms with Crippen molar-refractivity contribution in [2.45, 2.75) is 45.8 Å². The molecule has 3 aromatic rings. The van der Waals surface area contributed by atoms with Gasteiger partial charge in [0.15, 0.2) is 5.54 Å². The summed E-state index contributed by atoms with van der Waals surface area (Å²) >= 11 is 1.58. The Morgan fingerprint density at radius 1 is 1.32 bits per heavy atom. The number of benzene rings is 1. The molecule has 0 radical (unpaired) electrons. The van der Waals surface area contributed by atoms with Gasteiger partial charge in [-0.3, -0.25) is 9.69 Å². The molecule has 0 bridgehead atoms. The summed E-state index contributed by atoms with van der Waals surface area (Å²) < 4.78 is 5.37. The van der Waals surface area contributed by atoms with Crippen LogP contribution < -0.4 is 5.32 Å². The van der Waals surface area contributed by atoms with Crippen molar-refractivity contribution < 1.29 is 14.4 Å². The van der Waals surface area contributed by atoms with Crippen LogP contribution in [0.15, 0.2) is 39.5 Å². The second kappa shape index (κ2) is 8.78. The van der Waals surface area contributed by atoms with Gasteiger partial charge in [0.1, 0.15) is 5.76 Å². The quantitative estimate of drug-likeness (QED) is 0.606. The predicted molar refractivity (Wildman–Crippen MR) is 129 cm³/mol. The number of aliphatic hydroxyl groups is 1. The Bertz CT molecular complexity index is 1060. The molecule has 166 valence electrons. The van der Waals surface area contributed by atoms with E-state index in [4.69, 9.17) is 4.52 Å². The molecule has 1 saturated heterocycles. The molecule has 1 unspecified atom stereocenters. The van der Waals surface area contributed by atoms with Crippen molar-refractivity contribution in [3.8, 4) is 11.1 Å². The number of piperidine rings is 1. The average molecular weight is 460 g/mol. The lowest BCUT2D eigenvalue weighted by Gasteiger charge is -2.43. The minimum Gasteiger partial charge on any atom is -0.392 e. The molecular weight excluding hydrogens is 430 g/mol. The number of aliphatic hydroxyl groups excluding tert-OH is 1. The van der Waals surface area contributed by atoms with Crippen molar-refractivity contribution in [2.24, 2.45) is 0 Å². The molecule has 0 spiro atoms. The molecule has 2 aliphatic heterocycles. The van der Waals surface area contributed by atoms with Crippen LogP contribution in [0.5, 0.6) is 0 Å². The van der Waals surface area contributed by atoms with E-state index < -0.39 is 11.6 Å². The number of aromatic nitrogens is 1. The van der Waals surface area contributed by atoms with E-state index in [-0.39, 0.29) is 26.8 Å². The maximum Gasteiger partial charge on any atom is 0.254 e. The van der Waals surface area contributed by atoms with Gasteiger partial charge in [-0.25, -0.2) is 0 Å². The molecule has 2 atom stereocenters. The highest BCUT2D eigenvalue weighted by Gasteiger charge is 2.53. The number of thiophene rings is 1. The van der Waals surface area contributed by atoms with Crippen LogP contribution in [0.2, 0.25) is 0 Å². The topological polar surface area (TPSA) is 78.6 Å². The number of likely N-dealkylation sites (tertiary alicyclic amines) is 1. The van der Waals surface area contributed by atoms with Crippen LogP contribution in [-0.2, 0) is 10.3 Å². The molecule has 6 nitrogen and oxygen atoms in total. The van der Waals surface area contributed by atoms with E-state index in [0.29, 0.717) is 6.54 Å². The van der Waals surface area contributed by atoms with Crippen LogP contribution in [0.1, 0.15) is 42.8 Å². The zero-order chi connectivity index (χ0) is 20.2. The lowest BCUT2D eigenvalue weighted by Crippen LogP contribution is -2.56. The van der Waals surface area contributed by atoms with E-state index in [1.807, 2.05) is 42.8 Å². The van der Waals surface area contributed by atoms with E-state index >= 15 is 0 Å². The van der Waals surface area contributed by atoms with Gasteiger partial charge in [0.25, 0.3) is 5.91 Å². The minimum atomic E-state index is -0.939. The summed E-state index contributed by atoms with van der Waals surface area (Å²) in [5.74, 6) is 0.699. The number of nitrogens with one attached hydrogen (secondary N) is 1. The van der Waals surface area contributed by atoms with Gasteiger partial charge >= 0.3 is 0 Å². The zero-order valence-corrected chi connectivity index (χ0v) is 18.8. The van der Waals surface area contributed by atoms with Gasteiger partial charge in [0.05, 0.1) is 11.8 Å².